The lowest BCUT2D eigenvalue weighted by atomic mass is 9.76. The van der Waals surface area contributed by atoms with Crippen LogP contribution in [0.15, 0.2) is 72.8 Å². The van der Waals surface area contributed by atoms with Crippen molar-refractivity contribution < 1.29 is 50.1 Å². The van der Waals surface area contributed by atoms with Gasteiger partial charge in [0.15, 0.2) is 6.29 Å². The first-order valence-electron chi connectivity index (χ1n) is 12.9. The molecule has 3 aromatic carbocycles. The maximum absolute atomic E-state index is 13.8. The van der Waals surface area contributed by atoms with Crippen molar-refractivity contribution in [1.82, 2.24) is 0 Å². The van der Waals surface area contributed by atoms with E-state index >= 15 is 0 Å². The predicted molar refractivity (Wildman–Crippen MR) is 135 cm³/mol. The molecule has 1 aliphatic heterocycles. The highest BCUT2D eigenvalue weighted by atomic mass is 19.4. The highest BCUT2D eigenvalue weighted by molar-refractivity contribution is 5.35. The predicted octanol–water partition coefficient (Wildman–Crippen LogP) is 7.52. The van der Waals surface area contributed by atoms with E-state index in [-0.39, 0.29) is 38.1 Å². The molecule has 1 saturated heterocycles. The second-order valence-corrected chi connectivity index (χ2v) is 10.0. The third-order valence-corrected chi connectivity index (χ3v) is 7.16. The van der Waals surface area contributed by atoms with Gasteiger partial charge in [-0.25, -0.2) is 4.39 Å². The third kappa shape index (κ3) is 7.85. The second kappa shape index (κ2) is 12.9. The first-order chi connectivity index (χ1) is 19.4. The maximum Gasteiger partial charge on any atom is 0.416 e. The minimum atomic E-state index is -5.01. The molecule has 0 amide bonds. The molecule has 3 aromatic rings. The van der Waals surface area contributed by atoms with Gasteiger partial charge in [0.25, 0.3) is 0 Å². The summed E-state index contributed by atoms with van der Waals surface area (Å²) in [6.07, 6.45) is -12.4. The van der Waals surface area contributed by atoms with E-state index in [1.807, 2.05) is 30.3 Å². The van der Waals surface area contributed by atoms with Crippen molar-refractivity contribution in [2.24, 2.45) is 11.8 Å². The van der Waals surface area contributed by atoms with Gasteiger partial charge in [-0.05, 0) is 53.9 Å². The van der Waals surface area contributed by atoms with Gasteiger partial charge in [-0.1, -0.05) is 42.5 Å². The van der Waals surface area contributed by atoms with Gasteiger partial charge in [0, 0.05) is 24.4 Å². The Morgan fingerprint density at radius 3 is 2.07 bits per heavy atom. The Hall–Kier alpha value is -2.99. The molecular weight excluding hydrogens is 557 g/mol. The number of halogens is 7. The average molecular weight is 587 g/mol. The molecular formula is C30H29F7O4. The molecule has 1 aliphatic rings. The molecule has 222 valence electrons. The van der Waals surface area contributed by atoms with Crippen molar-refractivity contribution in [2.45, 2.75) is 44.2 Å². The molecule has 0 saturated carbocycles. The normalized spacial score (nSPS) is 22.5. The van der Waals surface area contributed by atoms with Gasteiger partial charge >= 0.3 is 12.4 Å². The van der Waals surface area contributed by atoms with Gasteiger partial charge in [0.2, 0.25) is 0 Å². The lowest BCUT2D eigenvalue weighted by molar-refractivity contribution is -0.231. The molecule has 0 spiro atoms. The molecule has 0 bridgehead atoms. The molecule has 0 unspecified atom stereocenters. The zero-order chi connectivity index (χ0) is 29.8. The molecule has 0 radical (unpaired) electrons. The smallest absolute Gasteiger partial charge is 0.396 e. The molecule has 1 fully saturated rings. The minimum absolute atomic E-state index is 0.00133. The van der Waals surface area contributed by atoms with E-state index < -0.39 is 59.4 Å². The first-order valence-corrected chi connectivity index (χ1v) is 12.9. The highest BCUT2D eigenvalue weighted by Gasteiger charge is 2.43. The van der Waals surface area contributed by atoms with Gasteiger partial charge < -0.3 is 19.3 Å². The molecule has 4 nitrogen and oxygen atoms in total. The number of aliphatic hydroxyl groups is 1. The number of aliphatic hydroxyl groups excluding tert-OH is 1. The summed E-state index contributed by atoms with van der Waals surface area (Å²) < 4.78 is 112. The monoisotopic (exact) mass is 586 g/mol. The Morgan fingerprint density at radius 1 is 0.902 bits per heavy atom. The van der Waals surface area contributed by atoms with E-state index in [4.69, 9.17) is 14.2 Å². The van der Waals surface area contributed by atoms with Crippen LogP contribution in [0.3, 0.4) is 0 Å². The number of rotatable bonds is 9. The van der Waals surface area contributed by atoms with Gasteiger partial charge in [-0.2, -0.15) is 26.3 Å². The second-order valence-electron chi connectivity index (χ2n) is 10.0. The topological polar surface area (TPSA) is 47.9 Å². The largest absolute Gasteiger partial charge is 0.416 e. The fourth-order valence-electron chi connectivity index (χ4n) is 4.96. The maximum atomic E-state index is 13.8. The summed E-state index contributed by atoms with van der Waals surface area (Å²) in [6.45, 7) is 1.45. The van der Waals surface area contributed by atoms with E-state index in [1.54, 1.807) is 0 Å². The van der Waals surface area contributed by atoms with E-state index in [1.165, 1.54) is 31.2 Å². The highest BCUT2D eigenvalue weighted by Crippen LogP contribution is 2.43. The standard InChI is InChI=1S/C30H29F7O4/c1-18(21-11-23(29(32,33)34)13-24(12-21)30(35,36)37)41-28-27(20-7-9-25(31)10-8-20)26(22(14-38)16-40-28)17-39-15-19-5-3-2-4-6-19/h2-13,18,22,26-28,38H,14-17H2,1H3/t18-,22+,26-,27+,28-/m1/s1. The van der Waals surface area contributed by atoms with Gasteiger partial charge in [-0.15, -0.1) is 0 Å². The molecule has 0 aromatic heterocycles. The summed E-state index contributed by atoms with van der Waals surface area (Å²) >= 11 is 0. The number of ether oxygens (including phenoxy) is 3. The van der Waals surface area contributed by atoms with Crippen LogP contribution in [-0.2, 0) is 33.2 Å². The Bertz CT molecular complexity index is 1230. The van der Waals surface area contributed by atoms with Crippen LogP contribution in [0.1, 0.15) is 46.8 Å². The number of hydrogen-bond acceptors (Lipinski definition) is 4. The Morgan fingerprint density at radius 2 is 1.51 bits per heavy atom. The molecule has 11 heteroatoms. The number of benzene rings is 3. The zero-order valence-electron chi connectivity index (χ0n) is 22.0. The molecule has 1 heterocycles. The Balaban J connectivity index is 1.64. The molecule has 0 aliphatic carbocycles. The van der Waals surface area contributed by atoms with Crippen molar-refractivity contribution in [3.63, 3.8) is 0 Å². The number of alkyl halides is 6. The first kappa shape index (κ1) is 31.0. The van der Waals surface area contributed by atoms with Crippen LogP contribution in [0.4, 0.5) is 30.7 Å². The van der Waals surface area contributed by atoms with Gasteiger partial charge in [0.05, 0.1) is 37.1 Å². The fourth-order valence-corrected chi connectivity index (χ4v) is 4.96. The lowest BCUT2D eigenvalue weighted by Crippen LogP contribution is -2.45. The quantitative estimate of drug-likeness (QED) is 0.264. The van der Waals surface area contributed by atoms with Crippen molar-refractivity contribution in [2.75, 3.05) is 19.8 Å². The van der Waals surface area contributed by atoms with Crippen LogP contribution in [-0.4, -0.2) is 31.2 Å². The van der Waals surface area contributed by atoms with E-state index in [2.05, 4.69) is 0 Å². The van der Waals surface area contributed by atoms with Crippen LogP contribution in [0.25, 0.3) is 0 Å². The molecule has 5 atom stereocenters. The van der Waals surface area contributed by atoms with Crippen LogP contribution in [0.5, 0.6) is 0 Å². The van der Waals surface area contributed by atoms with E-state index in [9.17, 15) is 35.8 Å². The SMILES string of the molecule is C[C@@H](O[C@H]1OC[C@H](CO)[C@@H](COCc2ccccc2)[C@@H]1c1ccc(F)cc1)c1cc(C(F)(F)F)cc(C(F)(F)F)c1. The van der Waals surface area contributed by atoms with Crippen molar-refractivity contribution in [3.05, 3.63) is 106 Å². The van der Waals surface area contributed by atoms with Gasteiger partial charge in [-0.3, -0.25) is 0 Å². The van der Waals surface area contributed by atoms with Crippen molar-refractivity contribution >= 4 is 0 Å². The average Bonchev–Trinajstić information content (AvgIpc) is 2.93. The van der Waals surface area contributed by atoms with Crippen molar-refractivity contribution in [1.29, 1.82) is 0 Å². The van der Waals surface area contributed by atoms with Crippen molar-refractivity contribution in [3.8, 4) is 0 Å². The van der Waals surface area contributed by atoms with E-state index in [0.29, 0.717) is 17.7 Å². The van der Waals surface area contributed by atoms with Crippen LogP contribution >= 0.6 is 0 Å². The molecule has 41 heavy (non-hydrogen) atoms. The molecule has 1 N–H and O–H groups in total. The fraction of sp³-hybridized carbons (Fsp3) is 0.400. The third-order valence-electron chi connectivity index (χ3n) is 7.16. The van der Waals surface area contributed by atoms with Crippen LogP contribution < -0.4 is 0 Å². The van der Waals surface area contributed by atoms with Crippen LogP contribution in [0, 0.1) is 17.7 Å². The Labute approximate surface area is 232 Å². The summed E-state index contributed by atoms with van der Waals surface area (Å²) in [5.74, 6) is -2.06. The summed E-state index contributed by atoms with van der Waals surface area (Å²) in [6, 6.07) is 16.1. The summed E-state index contributed by atoms with van der Waals surface area (Å²) in [7, 11) is 0. The Kier molecular flexibility index (Phi) is 9.73. The van der Waals surface area contributed by atoms with Crippen LogP contribution in [0.2, 0.25) is 0 Å². The minimum Gasteiger partial charge on any atom is -0.396 e. The summed E-state index contributed by atoms with van der Waals surface area (Å²) in [4.78, 5) is 0. The molecule has 4 rings (SSSR count). The summed E-state index contributed by atoms with van der Waals surface area (Å²) in [5.41, 5.74) is -1.79. The lowest BCUT2D eigenvalue weighted by Gasteiger charge is -2.43. The number of hydrogen-bond donors (Lipinski definition) is 1. The van der Waals surface area contributed by atoms with E-state index in [0.717, 1.165) is 5.56 Å². The van der Waals surface area contributed by atoms with Gasteiger partial charge in [0.1, 0.15) is 5.82 Å². The summed E-state index contributed by atoms with van der Waals surface area (Å²) in [5, 5.41) is 10.1. The zero-order valence-corrected chi connectivity index (χ0v) is 22.0.